The SMILES string of the molecule is O=C(CCc1nc2c(s1)CCCC2)NCCc1c[nH]c2ccccc12. The predicted octanol–water partition coefficient (Wildman–Crippen LogP) is 3.79. The number of fused-ring (bicyclic) bond motifs is 2. The van der Waals surface area contributed by atoms with E-state index in [4.69, 9.17) is 4.98 Å². The number of rotatable bonds is 6. The maximum atomic E-state index is 12.1. The van der Waals surface area contributed by atoms with Crippen LogP contribution in [-0.4, -0.2) is 22.4 Å². The van der Waals surface area contributed by atoms with Crippen molar-refractivity contribution >= 4 is 28.1 Å². The number of aromatic nitrogens is 2. The zero-order chi connectivity index (χ0) is 17.1. The fourth-order valence-electron chi connectivity index (χ4n) is 3.50. The van der Waals surface area contributed by atoms with Crippen LogP contribution in [0.1, 0.15) is 40.4 Å². The summed E-state index contributed by atoms with van der Waals surface area (Å²) >= 11 is 1.81. The number of hydrogen-bond acceptors (Lipinski definition) is 3. The van der Waals surface area contributed by atoms with Crippen LogP contribution >= 0.6 is 11.3 Å². The van der Waals surface area contributed by atoms with Gasteiger partial charge in [0.25, 0.3) is 0 Å². The number of amides is 1. The lowest BCUT2D eigenvalue weighted by molar-refractivity contribution is -0.121. The predicted molar refractivity (Wildman–Crippen MR) is 102 cm³/mol. The van der Waals surface area contributed by atoms with E-state index in [-0.39, 0.29) is 5.91 Å². The summed E-state index contributed by atoms with van der Waals surface area (Å²) in [5, 5.41) is 5.41. The number of aryl methyl sites for hydroxylation is 3. The first-order valence-corrected chi connectivity index (χ1v) is 9.90. The first-order chi connectivity index (χ1) is 12.3. The van der Waals surface area contributed by atoms with Gasteiger partial charge in [0.05, 0.1) is 10.7 Å². The van der Waals surface area contributed by atoms with Crippen LogP contribution in [0.15, 0.2) is 30.5 Å². The highest BCUT2D eigenvalue weighted by Crippen LogP contribution is 2.27. The zero-order valence-corrected chi connectivity index (χ0v) is 15.1. The van der Waals surface area contributed by atoms with Gasteiger partial charge >= 0.3 is 0 Å². The molecule has 130 valence electrons. The highest BCUT2D eigenvalue weighted by Gasteiger charge is 2.15. The molecule has 5 heteroatoms. The fraction of sp³-hybridized carbons (Fsp3) is 0.400. The van der Waals surface area contributed by atoms with Gasteiger partial charge < -0.3 is 10.3 Å². The Morgan fingerprint density at radius 1 is 1.20 bits per heavy atom. The maximum Gasteiger partial charge on any atom is 0.220 e. The van der Waals surface area contributed by atoms with E-state index in [9.17, 15) is 4.79 Å². The second kappa shape index (κ2) is 7.40. The number of nitrogens with zero attached hydrogens (tertiary/aromatic N) is 1. The van der Waals surface area contributed by atoms with Crippen LogP contribution in [-0.2, 0) is 30.5 Å². The molecule has 1 amide bonds. The van der Waals surface area contributed by atoms with Crippen LogP contribution in [0.5, 0.6) is 0 Å². The summed E-state index contributed by atoms with van der Waals surface area (Å²) < 4.78 is 0. The Labute approximate surface area is 151 Å². The number of para-hydroxylation sites is 1. The minimum atomic E-state index is 0.119. The van der Waals surface area contributed by atoms with Gasteiger partial charge in [0.15, 0.2) is 0 Å². The monoisotopic (exact) mass is 353 g/mol. The van der Waals surface area contributed by atoms with Crippen molar-refractivity contribution in [3.8, 4) is 0 Å². The molecule has 0 spiro atoms. The summed E-state index contributed by atoms with van der Waals surface area (Å²) in [7, 11) is 0. The molecule has 0 aliphatic heterocycles. The first kappa shape index (κ1) is 16.3. The first-order valence-electron chi connectivity index (χ1n) is 9.09. The lowest BCUT2D eigenvalue weighted by Crippen LogP contribution is -2.25. The molecule has 2 heterocycles. The normalized spacial score (nSPS) is 13.8. The Morgan fingerprint density at radius 2 is 2.08 bits per heavy atom. The molecule has 4 rings (SSSR count). The van der Waals surface area contributed by atoms with Gasteiger partial charge in [-0.05, 0) is 43.7 Å². The number of benzene rings is 1. The summed E-state index contributed by atoms with van der Waals surface area (Å²) in [4.78, 5) is 21.5. The Hall–Kier alpha value is -2.14. The van der Waals surface area contributed by atoms with E-state index in [1.54, 1.807) is 11.3 Å². The number of aromatic amines is 1. The molecular formula is C20H23N3OS. The van der Waals surface area contributed by atoms with Crippen LogP contribution in [0.25, 0.3) is 10.9 Å². The quantitative estimate of drug-likeness (QED) is 0.708. The molecular weight excluding hydrogens is 330 g/mol. The molecule has 0 unspecified atom stereocenters. The van der Waals surface area contributed by atoms with Crippen molar-refractivity contribution in [1.82, 2.24) is 15.3 Å². The highest BCUT2D eigenvalue weighted by atomic mass is 32.1. The largest absolute Gasteiger partial charge is 0.361 e. The molecule has 4 nitrogen and oxygen atoms in total. The number of nitrogens with one attached hydrogen (secondary N) is 2. The number of hydrogen-bond donors (Lipinski definition) is 2. The molecule has 0 radical (unpaired) electrons. The summed E-state index contributed by atoms with van der Waals surface area (Å²) in [6, 6.07) is 8.27. The molecule has 1 aliphatic carbocycles. The van der Waals surface area contributed by atoms with E-state index >= 15 is 0 Å². The fourth-order valence-corrected chi connectivity index (χ4v) is 4.65. The van der Waals surface area contributed by atoms with E-state index in [2.05, 4.69) is 22.4 Å². The second-order valence-electron chi connectivity index (χ2n) is 6.64. The van der Waals surface area contributed by atoms with E-state index in [1.807, 2.05) is 18.3 Å². The van der Waals surface area contributed by atoms with Gasteiger partial charge in [-0.25, -0.2) is 4.98 Å². The van der Waals surface area contributed by atoms with E-state index < -0.39 is 0 Å². The third kappa shape index (κ3) is 3.76. The maximum absolute atomic E-state index is 12.1. The molecule has 0 atom stereocenters. The summed E-state index contributed by atoms with van der Waals surface area (Å²) in [6.45, 7) is 0.676. The van der Waals surface area contributed by atoms with Crippen molar-refractivity contribution < 1.29 is 4.79 Å². The summed E-state index contributed by atoms with van der Waals surface area (Å²) in [5.41, 5.74) is 3.69. The van der Waals surface area contributed by atoms with Crippen LogP contribution in [0.3, 0.4) is 0 Å². The molecule has 0 saturated heterocycles. The third-order valence-corrected chi connectivity index (χ3v) is 6.06. The van der Waals surface area contributed by atoms with Gasteiger partial charge in [-0.2, -0.15) is 0 Å². The molecule has 25 heavy (non-hydrogen) atoms. The number of carbonyl (C=O) groups is 1. The van der Waals surface area contributed by atoms with Gasteiger partial charge in [0.1, 0.15) is 0 Å². The van der Waals surface area contributed by atoms with Crippen molar-refractivity contribution in [2.45, 2.75) is 44.9 Å². The lowest BCUT2D eigenvalue weighted by Gasteiger charge is -2.06. The molecule has 0 saturated carbocycles. The molecule has 1 aromatic carbocycles. The van der Waals surface area contributed by atoms with Crippen molar-refractivity contribution in [1.29, 1.82) is 0 Å². The van der Waals surface area contributed by atoms with Gasteiger partial charge in [0, 0.05) is 41.4 Å². The molecule has 2 aromatic heterocycles. The molecule has 2 N–H and O–H groups in total. The smallest absolute Gasteiger partial charge is 0.220 e. The van der Waals surface area contributed by atoms with Crippen molar-refractivity contribution in [2.24, 2.45) is 0 Å². The Bertz CT molecular complexity index is 857. The summed E-state index contributed by atoms with van der Waals surface area (Å²) in [5.74, 6) is 0.119. The van der Waals surface area contributed by atoms with E-state index in [0.717, 1.165) is 29.8 Å². The van der Waals surface area contributed by atoms with Crippen molar-refractivity contribution in [3.63, 3.8) is 0 Å². The second-order valence-corrected chi connectivity index (χ2v) is 7.81. The third-order valence-electron chi connectivity index (χ3n) is 4.85. The molecule has 1 aliphatic rings. The molecule has 3 aromatic rings. The average molecular weight is 353 g/mol. The van der Waals surface area contributed by atoms with Crippen molar-refractivity contribution in [3.05, 3.63) is 51.6 Å². The highest BCUT2D eigenvalue weighted by molar-refractivity contribution is 7.11. The van der Waals surface area contributed by atoms with Crippen LogP contribution in [0, 0.1) is 0 Å². The zero-order valence-electron chi connectivity index (χ0n) is 14.3. The van der Waals surface area contributed by atoms with Gasteiger partial charge in [-0.3, -0.25) is 4.79 Å². The van der Waals surface area contributed by atoms with E-state index in [0.29, 0.717) is 13.0 Å². The number of H-pyrrole nitrogens is 1. The van der Waals surface area contributed by atoms with Crippen LogP contribution < -0.4 is 5.32 Å². The lowest BCUT2D eigenvalue weighted by atomic mass is 10.0. The van der Waals surface area contributed by atoms with Gasteiger partial charge in [-0.1, -0.05) is 18.2 Å². The Kier molecular flexibility index (Phi) is 4.83. The van der Waals surface area contributed by atoms with Gasteiger partial charge in [0.2, 0.25) is 5.91 Å². The van der Waals surface area contributed by atoms with Crippen LogP contribution in [0.4, 0.5) is 0 Å². The minimum Gasteiger partial charge on any atom is -0.361 e. The topological polar surface area (TPSA) is 57.8 Å². The van der Waals surface area contributed by atoms with Crippen LogP contribution in [0.2, 0.25) is 0 Å². The molecule has 0 fully saturated rings. The minimum absolute atomic E-state index is 0.119. The Morgan fingerprint density at radius 3 is 3.00 bits per heavy atom. The number of thiazole rings is 1. The standard InChI is InChI=1S/C20H23N3OS/c24-19(9-10-20-23-17-7-3-4-8-18(17)25-20)21-12-11-14-13-22-16-6-2-1-5-15(14)16/h1-2,5-6,13,22H,3-4,7-12H2,(H,21,24). The molecule has 0 bridgehead atoms. The van der Waals surface area contributed by atoms with Crippen molar-refractivity contribution in [2.75, 3.05) is 6.54 Å². The van der Waals surface area contributed by atoms with Gasteiger partial charge in [-0.15, -0.1) is 11.3 Å². The summed E-state index contributed by atoms with van der Waals surface area (Å²) in [6.07, 6.45) is 9.00. The average Bonchev–Trinajstić information content (AvgIpc) is 3.24. The van der Waals surface area contributed by atoms with E-state index in [1.165, 1.54) is 40.8 Å². The Balaban J connectivity index is 1.24. The number of carbonyl (C=O) groups excluding carboxylic acids is 1.